The Labute approximate surface area is 309 Å². The third kappa shape index (κ3) is 11.1. The van der Waals surface area contributed by atoms with Crippen LogP contribution in [0.3, 0.4) is 0 Å². The molecule has 52 heavy (non-hydrogen) atoms. The Bertz CT molecular complexity index is 2100. The first kappa shape index (κ1) is 38.9. The number of rotatable bonds is 9. The number of alkyl carbamates (subject to hydrolysis) is 1. The van der Waals surface area contributed by atoms with E-state index in [4.69, 9.17) is 10.5 Å². The molecule has 6 rings (SSSR count). The van der Waals surface area contributed by atoms with Crippen molar-refractivity contribution in [2.45, 2.75) is 53.3 Å². The summed E-state index contributed by atoms with van der Waals surface area (Å²) >= 11 is 0. The number of nitrogens with two attached hydrogens (primary N) is 1. The minimum atomic E-state index is -0.516. The Kier molecular flexibility index (Phi) is 13.0. The summed E-state index contributed by atoms with van der Waals surface area (Å²) in [6, 6.07) is 15.9. The van der Waals surface area contributed by atoms with E-state index in [1.165, 1.54) is 5.56 Å². The number of carbonyl (C=O) groups is 1. The van der Waals surface area contributed by atoms with Gasteiger partial charge in [-0.3, -0.25) is 9.36 Å². The smallest absolute Gasteiger partial charge is 0.407 e. The number of hydrogen-bond acceptors (Lipinski definition) is 11. The van der Waals surface area contributed by atoms with Crippen molar-refractivity contribution in [2.75, 3.05) is 10.6 Å². The van der Waals surface area contributed by atoms with Gasteiger partial charge in [0.05, 0.1) is 35.2 Å². The number of anilines is 4. The number of aryl methyl sites for hydroxylation is 4. The van der Waals surface area contributed by atoms with E-state index in [1.807, 2.05) is 96.6 Å². The van der Waals surface area contributed by atoms with Crippen LogP contribution in [0, 0.1) is 13.8 Å². The maximum Gasteiger partial charge on any atom is 0.407 e. The molecule has 5 N–H and O–H groups in total. The van der Waals surface area contributed by atoms with E-state index < -0.39 is 11.7 Å². The van der Waals surface area contributed by atoms with Crippen LogP contribution in [0.2, 0.25) is 0 Å². The van der Waals surface area contributed by atoms with Gasteiger partial charge in [0, 0.05) is 63.1 Å². The lowest BCUT2D eigenvalue weighted by atomic mass is 10.0. The Morgan fingerprint density at radius 3 is 1.65 bits per heavy atom. The van der Waals surface area contributed by atoms with Gasteiger partial charge in [-0.25, -0.2) is 24.7 Å². The molecule has 0 bridgehead atoms. The van der Waals surface area contributed by atoms with Gasteiger partial charge in [-0.15, -0.1) is 12.4 Å². The highest BCUT2D eigenvalue weighted by Gasteiger charge is 2.16. The van der Waals surface area contributed by atoms with Crippen LogP contribution in [0.25, 0.3) is 22.5 Å². The zero-order valence-corrected chi connectivity index (χ0v) is 31.2. The lowest BCUT2D eigenvalue weighted by Crippen LogP contribution is -2.32. The van der Waals surface area contributed by atoms with Crippen molar-refractivity contribution in [3.63, 3.8) is 0 Å². The maximum absolute atomic E-state index is 11.9. The van der Waals surface area contributed by atoms with Gasteiger partial charge in [-0.05, 0) is 81.1 Å². The number of carbonyl (C=O) groups excluding carboxylic acids is 1. The maximum atomic E-state index is 11.9. The Hall–Kier alpha value is -5.86. The molecule has 0 aliphatic carbocycles. The number of nitrogens with zero attached hydrogens (tertiary/aromatic N) is 8. The molecule has 0 fully saturated rings. The molecule has 2 aromatic carbocycles. The van der Waals surface area contributed by atoms with Crippen LogP contribution < -0.4 is 21.7 Å². The van der Waals surface area contributed by atoms with Gasteiger partial charge in [0.25, 0.3) is 0 Å². The van der Waals surface area contributed by atoms with Crippen molar-refractivity contribution in [2.24, 2.45) is 19.8 Å². The molecule has 15 heteroatoms. The average molecular weight is 725 g/mol. The number of halogens is 1. The van der Waals surface area contributed by atoms with Gasteiger partial charge in [-0.1, -0.05) is 24.3 Å². The molecule has 0 aliphatic rings. The molecule has 0 saturated heterocycles. The summed E-state index contributed by atoms with van der Waals surface area (Å²) in [6.07, 6.45) is 10.2. The molecular formula is C37H45ClN12O2. The molecule has 0 unspecified atom stereocenters. The lowest BCUT2D eigenvalue weighted by molar-refractivity contribution is 0.0523. The highest BCUT2D eigenvalue weighted by Crippen LogP contribution is 2.24. The average Bonchev–Trinajstić information content (AvgIpc) is 3.70. The topological polar surface area (TPSA) is 176 Å². The van der Waals surface area contributed by atoms with E-state index in [0.717, 1.165) is 50.6 Å². The summed E-state index contributed by atoms with van der Waals surface area (Å²) in [5.74, 6) is 1.05. The van der Waals surface area contributed by atoms with Gasteiger partial charge in [0.15, 0.2) is 0 Å². The van der Waals surface area contributed by atoms with Gasteiger partial charge < -0.3 is 26.4 Å². The third-order valence-electron chi connectivity index (χ3n) is 7.55. The second-order valence-electron chi connectivity index (χ2n) is 12.9. The predicted molar refractivity (Wildman–Crippen MR) is 206 cm³/mol. The summed E-state index contributed by atoms with van der Waals surface area (Å²) in [5, 5.41) is 17.3. The second kappa shape index (κ2) is 17.4. The van der Waals surface area contributed by atoms with E-state index >= 15 is 0 Å². The Balaban J connectivity index is 0.000000236. The van der Waals surface area contributed by atoms with Crippen LogP contribution in [0.5, 0.6) is 0 Å². The highest BCUT2D eigenvalue weighted by molar-refractivity contribution is 5.85. The van der Waals surface area contributed by atoms with E-state index in [1.54, 1.807) is 34.2 Å². The van der Waals surface area contributed by atoms with E-state index in [9.17, 15) is 4.79 Å². The normalized spacial score (nSPS) is 10.8. The summed E-state index contributed by atoms with van der Waals surface area (Å²) in [7, 11) is 3.72. The molecule has 0 saturated carbocycles. The molecule has 0 radical (unpaired) electrons. The van der Waals surface area contributed by atoms with Crippen molar-refractivity contribution in [1.29, 1.82) is 0 Å². The van der Waals surface area contributed by atoms with Gasteiger partial charge in [0.2, 0.25) is 11.9 Å². The molecule has 272 valence electrons. The fourth-order valence-electron chi connectivity index (χ4n) is 5.01. The van der Waals surface area contributed by atoms with Crippen molar-refractivity contribution >= 4 is 41.8 Å². The molecule has 0 atom stereocenters. The van der Waals surface area contributed by atoms with E-state index in [-0.39, 0.29) is 12.4 Å². The van der Waals surface area contributed by atoms with E-state index in [0.29, 0.717) is 25.0 Å². The fraction of sp³-hybridized carbons (Fsp3) is 0.270. The molecule has 4 heterocycles. The van der Waals surface area contributed by atoms with Crippen LogP contribution in [0.1, 0.15) is 43.0 Å². The van der Waals surface area contributed by atoms with Crippen molar-refractivity contribution in [3.05, 3.63) is 108 Å². The fourth-order valence-corrected chi connectivity index (χ4v) is 5.01. The van der Waals surface area contributed by atoms with Crippen LogP contribution in [0.15, 0.2) is 85.7 Å². The Morgan fingerprint density at radius 1 is 0.769 bits per heavy atom. The molecule has 0 spiro atoms. The largest absolute Gasteiger partial charge is 0.444 e. The van der Waals surface area contributed by atoms with Crippen molar-refractivity contribution in [1.82, 2.24) is 44.8 Å². The summed E-state index contributed by atoms with van der Waals surface area (Å²) in [5.41, 5.74) is 14.9. The van der Waals surface area contributed by atoms with Crippen LogP contribution in [-0.4, -0.2) is 51.2 Å². The predicted octanol–water partition coefficient (Wildman–Crippen LogP) is 6.76. The number of nitrogens with one attached hydrogen (secondary N) is 3. The summed E-state index contributed by atoms with van der Waals surface area (Å²) in [6.45, 7) is 10.5. The monoisotopic (exact) mass is 724 g/mol. The second-order valence-corrected chi connectivity index (χ2v) is 12.9. The first-order valence-corrected chi connectivity index (χ1v) is 16.4. The zero-order chi connectivity index (χ0) is 36.5. The number of ether oxygens (including phenoxy) is 1. The van der Waals surface area contributed by atoms with E-state index in [2.05, 4.69) is 59.1 Å². The number of benzene rings is 2. The molecule has 1 amide bonds. The quantitative estimate of drug-likeness (QED) is 0.124. The minimum Gasteiger partial charge on any atom is -0.444 e. The third-order valence-corrected chi connectivity index (χ3v) is 7.55. The van der Waals surface area contributed by atoms with Gasteiger partial charge in [0.1, 0.15) is 5.60 Å². The molecule has 4 aromatic heterocycles. The number of hydrogen-bond donors (Lipinski definition) is 4. The number of amides is 1. The SMILES string of the molecule is Cc1cc(-c2ccnc(Nc3cnn(C)c3)n2)ccc1CN.Cc1cc(-c2ccnc(Nc3cnn(C)c3)n2)ccc1CNC(=O)OC(C)(C)C.Cl. The Morgan fingerprint density at radius 2 is 1.25 bits per heavy atom. The van der Waals surface area contributed by atoms with Crippen molar-refractivity contribution in [3.8, 4) is 22.5 Å². The zero-order valence-electron chi connectivity index (χ0n) is 30.4. The van der Waals surface area contributed by atoms with Crippen LogP contribution >= 0.6 is 12.4 Å². The standard InChI is InChI=1S/C21H26N6O2.C16H18N6.ClH/c1-14-10-15(6-7-16(14)11-23-20(28)29-21(2,3)4)18-8-9-22-19(26-18)25-17-12-24-27(5)13-17;1-11-7-12(3-4-13(11)8-17)15-5-6-18-16(21-15)20-14-9-19-22(2)10-14;/h6-10,12-13H,11H2,1-5H3,(H,23,28)(H,22,25,26);3-7,9-10H,8,17H2,1-2H3,(H,18,20,21);1H. The minimum absolute atomic E-state index is 0. The highest BCUT2D eigenvalue weighted by atomic mass is 35.5. The van der Waals surface area contributed by atoms with Crippen LogP contribution in [-0.2, 0) is 31.9 Å². The molecule has 14 nitrogen and oxygen atoms in total. The van der Waals surface area contributed by atoms with Crippen molar-refractivity contribution < 1.29 is 9.53 Å². The number of aromatic nitrogens is 8. The lowest BCUT2D eigenvalue weighted by Gasteiger charge is -2.20. The first-order valence-electron chi connectivity index (χ1n) is 16.4. The molecular weight excluding hydrogens is 680 g/mol. The van der Waals surface area contributed by atoms with Crippen LogP contribution in [0.4, 0.5) is 28.1 Å². The molecule has 6 aromatic rings. The molecule has 0 aliphatic heterocycles. The summed E-state index contributed by atoms with van der Waals surface area (Å²) < 4.78 is 8.71. The summed E-state index contributed by atoms with van der Waals surface area (Å²) in [4.78, 5) is 29.5. The van der Waals surface area contributed by atoms with Gasteiger partial charge >= 0.3 is 6.09 Å². The van der Waals surface area contributed by atoms with Gasteiger partial charge in [-0.2, -0.15) is 10.2 Å². The first-order chi connectivity index (χ1) is 24.3.